The molecule has 2 rings (SSSR count). The van der Waals surface area contributed by atoms with Crippen molar-refractivity contribution in [1.82, 2.24) is 0 Å². The molecule has 1 aromatic carbocycles. The van der Waals surface area contributed by atoms with Crippen molar-refractivity contribution in [2.45, 2.75) is 31.7 Å². The maximum Gasteiger partial charge on any atom is 0.0442 e. The van der Waals surface area contributed by atoms with Crippen LogP contribution in [-0.4, -0.2) is 0 Å². The second kappa shape index (κ2) is 3.56. The molecule has 1 nitrogen and oxygen atoms in total. The SMILES string of the molecule is CCC[C@@H]1C[C@@]1(N)c1ccc(Cl)cc1. The van der Waals surface area contributed by atoms with Crippen molar-refractivity contribution in [2.75, 3.05) is 0 Å². The Labute approximate surface area is 90.3 Å². The molecule has 0 aliphatic heterocycles. The van der Waals surface area contributed by atoms with Gasteiger partial charge in [0.05, 0.1) is 0 Å². The van der Waals surface area contributed by atoms with Gasteiger partial charge in [-0.05, 0) is 36.5 Å². The largest absolute Gasteiger partial charge is 0.321 e. The first-order chi connectivity index (χ1) is 6.66. The molecule has 0 spiro atoms. The Morgan fingerprint density at radius 3 is 2.64 bits per heavy atom. The zero-order valence-corrected chi connectivity index (χ0v) is 9.22. The van der Waals surface area contributed by atoms with E-state index in [4.69, 9.17) is 17.3 Å². The predicted octanol–water partition coefficient (Wildman–Crippen LogP) is 3.31. The molecular weight excluding hydrogens is 194 g/mol. The molecule has 0 unspecified atom stereocenters. The fourth-order valence-corrected chi connectivity index (χ4v) is 2.30. The summed E-state index contributed by atoms with van der Waals surface area (Å²) in [5.41, 5.74) is 7.49. The van der Waals surface area contributed by atoms with Gasteiger partial charge < -0.3 is 5.73 Å². The summed E-state index contributed by atoms with van der Waals surface area (Å²) in [6, 6.07) is 7.95. The maximum absolute atomic E-state index is 6.31. The number of hydrogen-bond donors (Lipinski definition) is 1. The first-order valence-electron chi connectivity index (χ1n) is 5.21. The van der Waals surface area contributed by atoms with E-state index < -0.39 is 0 Å². The van der Waals surface area contributed by atoms with Crippen molar-refractivity contribution in [1.29, 1.82) is 0 Å². The van der Waals surface area contributed by atoms with Crippen LogP contribution in [0.2, 0.25) is 5.02 Å². The lowest BCUT2D eigenvalue weighted by Crippen LogP contribution is -2.21. The normalized spacial score (nSPS) is 30.4. The highest BCUT2D eigenvalue weighted by Gasteiger charge is 2.50. The Bertz CT molecular complexity index is 320. The van der Waals surface area contributed by atoms with Crippen molar-refractivity contribution in [3.05, 3.63) is 34.9 Å². The number of nitrogens with two attached hydrogens (primary N) is 1. The van der Waals surface area contributed by atoms with Gasteiger partial charge in [0, 0.05) is 10.6 Å². The van der Waals surface area contributed by atoms with E-state index in [2.05, 4.69) is 19.1 Å². The van der Waals surface area contributed by atoms with Gasteiger partial charge in [-0.3, -0.25) is 0 Å². The smallest absolute Gasteiger partial charge is 0.0442 e. The number of hydrogen-bond acceptors (Lipinski definition) is 1. The fraction of sp³-hybridized carbons (Fsp3) is 0.500. The van der Waals surface area contributed by atoms with Gasteiger partial charge in [-0.15, -0.1) is 0 Å². The third kappa shape index (κ3) is 1.67. The molecule has 2 N–H and O–H groups in total. The zero-order valence-electron chi connectivity index (χ0n) is 8.46. The van der Waals surface area contributed by atoms with Gasteiger partial charge in [-0.25, -0.2) is 0 Å². The lowest BCUT2D eigenvalue weighted by molar-refractivity contribution is 0.583. The molecule has 2 atom stereocenters. The molecule has 1 aliphatic carbocycles. The molecule has 76 valence electrons. The van der Waals surface area contributed by atoms with Crippen LogP contribution < -0.4 is 5.73 Å². The predicted molar refractivity (Wildman–Crippen MR) is 60.3 cm³/mol. The molecule has 1 fully saturated rings. The summed E-state index contributed by atoms with van der Waals surface area (Å²) in [6.07, 6.45) is 3.58. The van der Waals surface area contributed by atoms with E-state index in [1.165, 1.54) is 18.4 Å². The quantitative estimate of drug-likeness (QED) is 0.812. The van der Waals surface area contributed by atoms with Crippen molar-refractivity contribution in [3.8, 4) is 0 Å². The van der Waals surface area contributed by atoms with Crippen LogP contribution >= 0.6 is 11.6 Å². The Balaban J connectivity index is 2.13. The first-order valence-corrected chi connectivity index (χ1v) is 5.59. The number of halogens is 1. The van der Waals surface area contributed by atoms with Crippen LogP contribution in [0, 0.1) is 5.92 Å². The van der Waals surface area contributed by atoms with E-state index in [0.29, 0.717) is 5.92 Å². The Kier molecular flexibility index (Phi) is 2.54. The van der Waals surface area contributed by atoms with E-state index in [1.54, 1.807) is 0 Å². The molecule has 1 aromatic rings. The summed E-state index contributed by atoms with van der Waals surface area (Å²) < 4.78 is 0. The minimum absolute atomic E-state index is 0.0550. The van der Waals surface area contributed by atoms with E-state index in [-0.39, 0.29) is 5.54 Å². The van der Waals surface area contributed by atoms with E-state index in [1.807, 2.05) is 12.1 Å². The van der Waals surface area contributed by atoms with Gasteiger partial charge in [-0.2, -0.15) is 0 Å². The van der Waals surface area contributed by atoms with Gasteiger partial charge in [0.1, 0.15) is 0 Å². The molecule has 0 aromatic heterocycles. The average Bonchev–Trinajstić information content (AvgIpc) is 2.80. The summed E-state index contributed by atoms with van der Waals surface area (Å²) >= 11 is 5.84. The first kappa shape index (κ1) is 10.0. The standard InChI is InChI=1S/C12H16ClN/c1-2-3-10-8-12(10,14)9-4-6-11(13)7-5-9/h4-7,10H,2-3,8,14H2,1H3/t10-,12-/m1/s1. The van der Waals surface area contributed by atoms with Crippen LogP contribution in [0.25, 0.3) is 0 Å². The van der Waals surface area contributed by atoms with Crippen LogP contribution in [0.4, 0.5) is 0 Å². The maximum atomic E-state index is 6.31. The average molecular weight is 210 g/mol. The van der Waals surface area contributed by atoms with Crippen LogP contribution in [-0.2, 0) is 5.54 Å². The summed E-state index contributed by atoms with van der Waals surface area (Å²) in [4.78, 5) is 0. The molecule has 0 bridgehead atoms. The molecule has 0 amide bonds. The van der Waals surface area contributed by atoms with Gasteiger partial charge in [-0.1, -0.05) is 37.1 Å². The molecular formula is C12H16ClN. The number of benzene rings is 1. The summed E-state index contributed by atoms with van der Waals surface area (Å²) in [5, 5.41) is 0.782. The Morgan fingerprint density at radius 1 is 1.43 bits per heavy atom. The van der Waals surface area contributed by atoms with Gasteiger partial charge in [0.2, 0.25) is 0 Å². The summed E-state index contributed by atoms with van der Waals surface area (Å²) in [5.74, 6) is 0.675. The van der Waals surface area contributed by atoms with Crippen molar-refractivity contribution in [3.63, 3.8) is 0 Å². The molecule has 1 aliphatic rings. The topological polar surface area (TPSA) is 26.0 Å². The van der Waals surface area contributed by atoms with Gasteiger partial charge >= 0.3 is 0 Å². The zero-order chi connectivity index (χ0) is 10.2. The molecule has 2 heteroatoms. The third-order valence-corrected chi connectivity index (χ3v) is 3.42. The van der Waals surface area contributed by atoms with E-state index in [9.17, 15) is 0 Å². The highest BCUT2D eigenvalue weighted by Crippen LogP contribution is 2.52. The Morgan fingerprint density at radius 2 is 2.07 bits per heavy atom. The lowest BCUT2D eigenvalue weighted by Gasteiger charge is -2.11. The summed E-state index contributed by atoms with van der Waals surface area (Å²) in [6.45, 7) is 2.21. The van der Waals surface area contributed by atoms with E-state index in [0.717, 1.165) is 11.4 Å². The third-order valence-electron chi connectivity index (χ3n) is 3.17. The fourth-order valence-electron chi connectivity index (χ4n) is 2.17. The number of rotatable bonds is 3. The van der Waals surface area contributed by atoms with Crippen molar-refractivity contribution >= 4 is 11.6 Å². The minimum atomic E-state index is -0.0550. The molecule has 0 saturated heterocycles. The van der Waals surface area contributed by atoms with Crippen molar-refractivity contribution in [2.24, 2.45) is 11.7 Å². The minimum Gasteiger partial charge on any atom is -0.321 e. The highest BCUT2D eigenvalue weighted by atomic mass is 35.5. The van der Waals surface area contributed by atoms with Crippen LogP contribution in [0.3, 0.4) is 0 Å². The molecule has 0 radical (unpaired) electrons. The molecule has 1 saturated carbocycles. The lowest BCUT2D eigenvalue weighted by atomic mass is 10.0. The van der Waals surface area contributed by atoms with Crippen LogP contribution in [0.15, 0.2) is 24.3 Å². The molecule has 14 heavy (non-hydrogen) atoms. The van der Waals surface area contributed by atoms with Gasteiger partial charge in [0.25, 0.3) is 0 Å². The monoisotopic (exact) mass is 209 g/mol. The van der Waals surface area contributed by atoms with Crippen LogP contribution in [0.5, 0.6) is 0 Å². The molecule has 0 heterocycles. The second-order valence-electron chi connectivity index (χ2n) is 4.24. The highest BCUT2D eigenvalue weighted by molar-refractivity contribution is 6.30. The Hall–Kier alpha value is -0.530. The van der Waals surface area contributed by atoms with E-state index >= 15 is 0 Å². The van der Waals surface area contributed by atoms with Gasteiger partial charge in [0.15, 0.2) is 0 Å². The second-order valence-corrected chi connectivity index (χ2v) is 4.67. The van der Waals surface area contributed by atoms with Crippen molar-refractivity contribution < 1.29 is 0 Å². The summed E-state index contributed by atoms with van der Waals surface area (Å²) in [7, 11) is 0. The van der Waals surface area contributed by atoms with Crippen LogP contribution in [0.1, 0.15) is 31.7 Å².